The zero-order chi connectivity index (χ0) is 11.2. The van der Waals surface area contributed by atoms with Crippen LogP contribution < -0.4 is 5.73 Å². The van der Waals surface area contributed by atoms with Crippen molar-refractivity contribution in [2.45, 2.75) is 39.7 Å². The Bertz CT molecular complexity index is 239. The number of hydrogen-bond acceptors (Lipinski definition) is 3. The van der Waals surface area contributed by atoms with Crippen LogP contribution in [0.4, 0.5) is 0 Å². The molecule has 5 heteroatoms. The lowest BCUT2D eigenvalue weighted by molar-refractivity contribution is 0.423. The van der Waals surface area contributed by atoms with E-state index in [2.05, 4.69) is 0 Å². The number of nitrogens with two attached hydrogens (primary N) is 1. The second-order valence-electron chi connectivity index (χ2n) is 3.44. The van der Waals surface area contributed by atoms with Crippen LogP contribution in [0.3, 0.4) is 0 Å². The summed E-state index contributed by atoms with van der Waals surface area (Å²) >= 11 is 0. The quantitative estimate of drug-likeness (QED) is 0.692. The Morgan fingerprint density at radius 2 is 1.86 bits per heavy atom. The van der Waals surface area contributed by atoms with E-state index in [0.717, 1.165) is 6.42 Å². The lowest BCUT2D eigenvalue weighted by atomic mass is 10.3. The van der Waals surface area contributed by atoms with Crippen molar-refractivity contribution in [3.63, 3.8) is 0 Å². The summed E-state index contributed by atoms with van der Waals surface area (Å²) in [5.74, 6) is 0.0668. The Kier molecular flexibility index (Phi) is 6.31. The van der Waals surface area contributed by atoms with Crippen molar-refractivity contribution in [3.8, 4) is 0 Å². The van der Waals surface area contributed by atoms with Crippen molar-refractivity contribution in [1.82, 2.24) is 4.31 Å². The first-order valence-electron chi connectivity index (χ1n) is 5.21. The smallest absolute Gasteiger partial charge is 0.215 e. The van der Waals surface area contributed by atoms with Crippen LogP contribution in [0, 0.1) is 0 Å². The zero-order valence-electron chi connectivity index (χ0n) is 9.36. The molecule has 0 aromatic heterocycles. The molecule has 0 rings (SSSR count). The van der Waals surface area contributed by atoms with Crippen LogP contribution in [0.2, 0.25) is 0 Å². The van der Waals surface area contributed by atoms with Crippen molar-refractivity contribution >= 4 is 10.0 Å². The summed E-state index contributed by atoms with van der Waals surface area (Å²) in [6.07, 6.45) is 1.54. The minimum atomic E-state index is -3.14. The van der Waals surface area contributed by atoms with E-state index >= 15 is 0 Å². The Labute approximate surface area is 87.5 Å². The summed E-state index contributed by atoms with van der Waals surface area (Å²) in [6.45, 7) is 6.85. The van der Waals surface area contributed by atoms with Crippen molar-refractivity contribution in [3.05, 3.63) is 0 Å². The molecule has 0 amide bonds. The van der Waals surface area contributed by atoms with Gasteiger partial charge in [0.05, 0.1) is 5.75 Å². The first-order valence-corrected chi connectivity index (χ1v) is 6.82. The van der Waals surface area contributed by atoms with Gasteiger partial charge < -0.3 is 5.73 Å². The average Bonchev–Trinajstić information content (AvgIpc) is 2.12. The third kappa shape index (κ3) is 4.39. The van der Waals surface area contributed by atoms with Gasteiger partial charge in [-0.25, -0.2) is 12.7 Å². The molecule has 0 saturated carbocycles. The highest BCUT2D eigenvalue weighted by Crippen LogP contribution is 2.05. The van der Waals surface area contributed by atoms with E-state index in [0.29, 0.717) is 19.5 Å². The molecule has 1 unspecified atom stereocenters. The van der Waals surface area contributed by atoms with Crippen LogP contribution in [0.5, 0.6) is 0 Å². The third-order valence-corrected chi connectivity index (χ3v) is 4.25. The van der Waals surface area contributed by atoms with E-state index in [1.54, 1.807) is 0 Å². The van der Waals surface area contributed by atoms with Gasteiger partial charge >= 0.3 is 0 Å². The van der Waals surface area contributed by atoms with E-state index in [4.69, 9.17) is 5.73 Å². The van der Waals surface area contributed by atoms with E-state index in [9.17, 15) is 8.42 Å². The third-order valence-electron chi connectivity index (χ3n) is 2.17. The van der Waals surface area contributed by atoms with Crippen molar-refractivity contribution in [2.75, 3.05) is 18.8 Å². The topological polar surface area (TPSA) is 63.4 Å². The molecule has 0 bridgehead atoms. The molecule has 0 aliphatic heterocycles. The number of nitrogens with zero attached hydrogens (tertiary/aromatic N) is 1. The van der Waals surface area contributed by atoms with E-state index < -0.39 is 10.0 Å². The summed E-state index contributed by atoms with van der Waals surface area (Å²) in [4.78, 5) is 0. The van der Waals surface area contributed by atoms with Crippen LogP contribution in [0.15, 0.2) is 0 Å². The number of hydrogen-bond donors (Lipinski definition) is 1. The molecule has 0 aromatic carbocycles. The summed E-state index contributed by atoms with van der Waals surface area (Å²) in [7, 11) is -3.14. The Hall–Kier alpha value is -0.130. The summed E-state index contributed by atoms with van der Waals surface area (Å²) < 4.78 is 25.0. The molecule has 0 aromatic rings. The van der Waals surface area contributed by atoms with Crippen LogP contribution in [-0.4, -0.2) is 37.6 Å². The molecular formula is C9H22N2O2S. The molecule has 0 spiro atoms. The van der Waals surface area contributed by atoms with Gasteiger partial charge in [-0.1, -0.05) is 20.8 Å². The highest BCUT2D eigenvalue weighted by atomic mass is 32.2. The zero-order valence-corrected chi connectivity index (χ0v) is 10.2. The van der Waals surface area contributed by atoms with Gasteiger partial charge in [0, 0.05) is 19.1 Å². The fourth-order valence-corrected chi connectivity index (χ4v) is 3.08. The standard InChI is InChI=1S/C9H22N2O2S/c1-4-7-11(6-3)14(12,13)8-9(10)5-2/h9H,4-8,10H2,1-3H3. The molecule has 4 nitrogen and oxygen atoms in total. The Morgan fingerprint density at radius 3 is 2.21 bits per heavy atom. The highest BCUT2D eigenvalue weighted by Gasteiger charge is 2.21. The van der Waals surface area contributed by atoms with Gasteiger partial charge in [-0.15, -0.1) is 0 Å². The molecule has 0 aliphatic carbocycles. The van der Waals surface area contributed by atoms with Crippen molar-refractivity contribution in [1.29, 1.82) is 0 Å². The van der Waals surface area contributed by atoms with Crippen LogP contribution in [0.25, 0.3) is 0 Å². The van der Waals surface area contributed by atoms with Crippen LogP contribution in [-0.2, 0) is 10.0 Å². The molecule has 0 aliphatic rings. The summed E-state index contributed by atoms with van der Waals surface area (Å²) in [5, 5.41) is 0. The fraction of sp³-hybridized carbons (Fsp3) is 1.00. The van der Waals surface area contributed by atoms with Gasteiger partial charge in [0.15, 0.2) is 0 Å². The largest absolute Gasteiger partial charge is 0.327 e. The maximum Gasteiger partial charge on any atom is 0.215 e. The van der Waals surface area contributed by atoms with Gasteiger partial charge in [0.2, 0.25) is 10.0 Å². The van der Waals surface area contributed by atoms with E-state index in [-0.39, 0.29) is 11.8 Å². The van der Waals surface area contributed by atoms with E-state index in [1.807, 2.05) is 20.8 Å². The molecule has 0 saturated heterocycles. The van der Waals surface area contributed by atoms with Gasteiger partial charge in [-0.3, -0.25) is 0 Å². The predicted octanol–water partition coefficient (Wildman–Crippen LogP) is 0.785. The normalized spacial score (nSPS) is 14.6. The lowest BCUT2D eigenvalue weighted by Crippen LogP contribution is -2.39. The molecule has 86 valence electrons. The first-order chi connectivity index (χ1) is 6.47. The Balaban J connectivity index is 4.41. The van der Waals surface area contributed by atoms with Crippen LogP contribution >= 0.6 is 0 Å². The molecule has 0 radical (unpaired) electrons. The lowest BCUT2D eigenvalue weighted by Gasteiger charge is -2.21. The van der Waals surface area contributed by atoms with Gasteiger partial charge in [0.1, 0.15) is 0 Å². The second kappa shape index (κ2) is 6.37. The highest BCUT2D eigenvalue weighted by molar-refractivity contribution is 7.89. The minimum Gasteiger partial charge on any atom is -0.327 e. The van der Waals surface area contributed by atoms with Gasteiger partial charge in [-0.2, -0.15) is 0 Å². The molecule has 14 heavy (non-hydrogen) atoms. The van der Waals surface area contributed by atoms with Crippen LogP contribution in [0.1, 0.15) is 33.6 Å². The maximum absolute atomic E-state index is 11.8. The minimum absolute atomic E-state index is 0.0668. The fourth-order valence-electron chi connectivity index (χ4n) is 1.24. The number of sulfonamides is 1. The monoisotopic (exact) mass is 222 g/mol. The molecule has 0 fully saturated rings. The van der Waals surface area contributed by atoms with Gasteiger partial charge in [0.25, 0.3) is 0 Å². The maximum atomic E-state index is 11.8. The molecular weight excluding hydrogens is 200 g/mol. The van der Waals surface area contributed by atoms with E-state index in [1.165, 1.54) is 4.31 Å². The summed E-state index contributed by atoms with van der Waals surface area (Å²) in [6, 6.07) is -0.245. The number of rotatable bonds is 7. The molecule has 0 heterocycles. The van der Waals surface area contributed by atoms with Crippen molar-refractivity contribution < 1.29 is 8.42 Å². The Morgan fingerprint density at radius 1 is 1.29 bits per heavy atom. The first kappa shape index (κ1) is 13.9. The summed E-state index contributed by atoms with van der Waals surface area (Å²) in [5.41, 5.74) is 5.64. The SMILES string of the molecule is CCCN(CC)S(=O)(=O)CC(N)CC. The molecule has 1 atom stereocenters. The average molecular weight is 222 g/mol. The van der Waals surface area contributed by atoms with Gasteiger partial charge in [-0.05, 0) is 12.8 Å². The second-order valence-corrected chi connectivity index (χ2v) is 5.45. The predicted molar refractivity (Wildman–Crippen MR) is 59.6 cm³/mol. The molecule has 2 N–H and O–H groups in total. The van der Waals surface area contributed by atoms with Crippen molar-refractivity contribution in [2.24, 2.45) is 5.73 Å².